The smallest absolute Gasteiger partial charge is 0.337 e. The Morgan fingerprint density at radius 3 is 2.47 bits per heavy atom. The van der Waals surface area contributed by atoms with Crippen LogP contribution in [0, 0.1) is 0 Å². The highest BCUT2D eigenvalue weighted by atomic mass is 16.5. The van der Waals surface area contributed by atoms with E-state index >= 15 is 0 Å². The summed E-state index contributed by atoms with van der Waals surface area (Å²) in [6, 6.07) is 7.19. The van der Waals surface area contributed by atoms with Crippen LogP contribution < -0.4 is 21.3 Å². The van der Waals surface area contributed by atoms with Crippen LogP contribution in [-0.2, 0) is 23.6 Å². The molecule has 2 aromatic rings. The molecule has 0 aliphatic carbocycles. The maximum absolute atomic E-state index is 13.1. The Morgan fingerprint density at radius 2 is 1.87 bits per heavy atom. The zero-order valence-corrected chi connectivity index (χ0v) is 17.5. The zero-order chi connectivity index (χ0) is 22.0. The first-order valence-corrected chi connectivity index (χ1v) is 9.60. The maximum Gasteiger partial charge on any atom is 0.337 e. The minimum absolute atomic E-state index is 0.0454. The average molecular weight is 411 g/mol. The lowest BCUT2D eigenvalue weighted by molar-refractivity contribution is -0.138. The first-order valence-electron chi connectivity index (χ1n) is 9.60. The second-order valence-electron chi connectivity index (χ2n) is 6.95. The molecule has 2 heterocycles. The molecule has 3 rings (SSSR count). The molecule has 0 saturated heterocycles. The number of aromatic nitrogens is 2. The molecule has 1 aromatic carbocycles. The van der Waals surface area contributed by atoms with Crippen molar-refractivity contribution in [1.29, 1.82) is 0 Å². The Hall–Kier alpha value is -3.55. The fraction of sp³-hybridized carbons (Fsp3) is 0.318. The van der Waals surface area contributed by atoms with E-state index < -0.39 is 23.1 Å². The Balaban J connectivity index is 2.27. The van der Waals surface area contributed by atoms with Crippen molar-refractivity contribution in [3.63, 3.8) is 0 Å². The van der Waals surface area contributed by atoms with E-state index in [9.17, 15) is 14.4 Å². The number of fused-ring (bicyclic) bond motifs is 1. The van der Waals surface area contributed by atoms with E-state index in [-0.39, 0.29) is 6.61 Å². The van der Waals surface area contributed by atoms with Gasteiger partial charge in [0.05, 0.1) is 23.7 Å². The molecule has 0 bridgehead atoms. The van der Waals surface area contributed by atoms with Crippen LogP contribution in [0.1, 0.15) is 30.9 Å². The van der Waals surface area contributed by atoms with E-state index in [0.29, 0.717) is 40.6 Å². The van der Waals surface area contributed by atoms with Crippen LogP contribution in [0.2, 0.25) is 0 Å². The first kappa shape index (κ1) is 21.2. The van der Waals surface area contributed by atoms with Crippen molar-refractivity contribution >= 4 is 11.8 Å². The molecule has 0 amide bonds. The summed E-state index contributed by atoms with van der Waals surface area (Å²) in [5.41, 5.74) is 0.910. The van der Waals surface area contributed by atoms with Gasteiger partial charge in [0.1, 0.15) is 18.2 Å². The van der Waals surface area contributed by atoms with Crippen molar-refractivity contribution in [3.8, 4) is 5.75 Å². The van der Waals surface area contributed by atoms with Crippen LogP contribution in [0.25, 0.3) is 0 Å². The fourth-order valence-corrected chi connectivity index (χ4v) is 3.63. The van der Waals surface area contributed by atoms with Crippen molar-refractivity contribution in [2.75, 3.05) is 18.5 Å². The summed E-state index contributed by atoms with van der Waals surface area (Å²) in [7, 11) is 3.00. The van der Waals surface area contributed by atoms with Gasteiger partial charge in [-0.1, -0.05) is 24.8 Å². The van der Waals surface area contributed by atoms with Gasteiger partial charge in [-0.05, 0) is 31.5 Å². The summed E-state index contributed by atoms with van der Waals surface area (Å²) in [5, 5.41) is 3.05. The SMILES string of the molecule is C=CCOC(=O)C1=C(C)Nc2c(c(=O)n(C)c(=O)n2C)C1c1ccc(OCC)cc1. The van der Waals surface area contributed by atoms with Gasteiger partial charge in [-0.25, -0.2) is 9.59 Å². The summed E-state index contributed by atoms with van der Waals surface area (Å²) in [5.74, 6) is -0.222. The molecule has 0 fully saturated rings. The van der Waals surface area contributed by atoms with Crippen molar-refractivity contribution in [2.45, 2.75) is 19.8 Å². The van der Waals surface area contributed by atoms with Crippen molar-refractivity contribution in [2.24, 2.45) is 14.1 Å². The average Bonchev–Trinajstić information content (AvgIpc) is 2.74. The van der Waals surface area contributed by atoms with Gasteiger partial charge in [0.25, 0.3) is 5.56 Å². The number of rotatable bonds is 6. The second kappa shape index (κ2) is 8.44. The molecule has 8 heteroatoms. The van der Waals surface area contributed by atoms with Crippen LogP contribution in [0.5, 0.6) is 5.75 Å². The van der Waals surface area contributed by atoms with Gasteiger partial charge in [0.2, 0.25) is 0 Å². The topological polar surface area (TPSA) is 91.6 Å². The molecule has 1 N–H and O–H groups in total. The van der Waals surface area contributed by atoms with E-state index in [4.69, 9.17) is 9.47 Å². The molecule has 1 aliphatic rings. The normalized spacial score (nSPS) is 15.3. The zero-order valence-electron chi connectivity index (χ0n) is 17.5. The second-order valence-corrected chi connectivity index (χ2v) is 6.95. The van der Waals surface area contributed by atoms with E-state index in [2.05, 4.69) is 11.9 Å². The number of nitrogens with one attached hydrogen (secondary N) is 1. The maximum atomic E-state index is 13.1. The number of ether oxygens (including phenoxy) is 2. The van der Waals surface area contributed by atoms with E-state index in [1.165, 1.54) is 17.7 Å². The lowest BCUT2D eigenvalue weighted by Gasteiger charge is -2.30. The molecule has 1 atom stereocenters. The van der Waals surface area contributed by atoms with Crippen molar-refractivity contribution < 1.29 is 14.3 Å². The van der Waals surface area contributed by atoms with Gasteiger partial charge in [0, 0.05) is 19.8 Å². The first-order chi connectivity index (χ1) is 14.3. The van der Waals surface area contributed by atoms with E-state index in [0.717, 1.165) is 4.57 Å². The molecule has 1 aromatic heterocycles. The molecule has 0 radical (unpaired) electrons. The summed E-state index contributed by atoms with van der Waals surface area (Å²) in [6.45, 7) is 7.75. The molecular formula is C22H25N3O5. The lowest BCUT2D eigenvalue weighted by atomic mass is 9.82. The van der Waals surface area contributed by atoms with Crippen molar-refractivity contribution in [3.05, 3.63) is 80.2 Å². The molecule has 8 nitrogen and oxygen atoms in total. The number of carbonyl (C=O) groups excluding carboxylic acids is 1. The van der Waals surface area contributed by atoms with Gasteiger partial charge >= 0.3 is 11.7 Å². The number of anilines is 1. The number of hydrogen-bond acceptors (Lipinski definition) is 6. The highest BCUT2D eigenvalue weighted by molar-refractivity contribution is 5.94. The molecule has 1 unspecified atom stereocenters. The fourth-order valence-electron chi connectivity index (χ4n) is 3.63. The van der Waals surface area contributed by atoms with Gasteiger partial charge in [-0.3, -0.25) is 13.9 Å². The standard InChI is InChI=1S/C22H25N3O5/c1-6-12-30-21(27)16-13(3)23-19-18(20(26)25(5)22(28)24(19)4)17(16)14-8-10-15(11-9-14)29-7-2/h6,8-11,17,23H,1,7,12H2,2-5H3. The van der Waals surface area contributed by atoms with Gasteiger partial charge in [0.15, 0.2) is 0 Å². The number of nitrogens with zero attached hydrogens (tertiary/aromatic N) is 2. The summed E-state index contributed by atoms with van der Waals surface area (Å²) in [4.78, 5) is 38.5. The summed E-state index contributed by atoms with van der Waals surface area (Å²) in [6.07, 6.45) is 1.48. The number of hydrogen-bond donors (Lipinski definition) is 1. The van der Waals surface area contributed by atoms with E-state index in [1.54, 1.807) is 26.1 Å². The predicted molar refractivity (Wildman–Crippen MR) is 114 cm³/mol. The third-order valence-electron chi connectivity index (χ3n) is 5.06. The third kappa shape index (κ3) is 3.56. The van der Waals surface area contributed by atoms with Crippen LogP contribution in [0.4, 0.5) is 5.82 Å². The Labute approximate surface area is 174 Å². The predicted octanol–water partition coefficient (Wildman–Crippen LogP) is 2.04. The number of esters is 1. The van der Waals surface area contributed by atoms with Crippen molar-refractivity contribution in [1.82, 2.24) is 9.13 Å². The van der Waals surface area contributed by atoms with Crippen LogP contribution in [0.3, 0.4) is 0 Å². The van der Waals surface area contributed by atoms with Crippen LogP contribution in [-0.4, -0.2) is 28.3 Å². The quantitative estimate of drug-likeness (QED) is 0.578. The molecular weight excluding hydrogens is 386 g/mol. The molecule has 1 aliphatic heterocycles. The minimum Gasteiger partial charge on any atom is -0.494 e. The minimum atomic E-state index is -0.709. The molecule has 0 saturated carbocycles. The number of benzene rings is 1. The number of carbonyl (C=O) groups is 1. The Morgan fingerprint density at radius 1 is 1.20 bits per heavy atom. The third-order valence-corrected chi connectivity index (χ3v) is 5.06. The van der Waals surface area contributed by atoms with Gasteiger partial charge in [-0.2, -0.15) is 0 Å². The number of allylic oxidation sites excluding steroid dienone is 1. The largest absolute Gasteiger partial charge is 0.494 e. The summed E-state index contributed by atoms with van der Waals surface area (Å²) < 4.78 is 13.2. The van der Waals surface area contributed by atoms with Crippen LogP contribution >= 0.6 is 0 Å². The molecule has 0 spiro atoms. The summed E-state index contributed by atoms with van der Waals surface area (Å²) >= 11 is 0. The van der Waals surface area contributed by atoms with Crippen LogP contribution in [0.15, 0.2) is 57.8 Å². The molecule has 158 valence electrons. The van der Waals surface area contributed by atoms with Gasteiger partial charge in [-0.15, -0.1) is 0 Å². The highest BCUT2D eigenvalue weighted by Gasteiger charge is 2.37. The molecule has 30 heavy (non-hydrogen) atoms. The Bertz CT molecular complexity index is 1140. The lowest BCUT2D eigenvalue weighted by Crippen LogP contribution is -2.43. The Kier molecular flexibility index (Phi) is 5.96. The monoisotopic (exact) mass is 411 g/mol. The highest BCUT2D eigenvalue weighted by Crippen LogP contribution is 2.40. The van der Waals surface area contributed by atoms with E-state index in [1.807, 2.05) is 19.1 Å². The van der Waals surface area contributed by atoms with Gasteiger partial charge < -0.3 is 14.8 Å².